The van der Waals surface area contributed by atoms with Crippen LogP contribution in [-0.4, -0.2) is 90.4 Å². The summed E-state index contributed by atoms with van der Waals surface area (Å²) in [7, 11) is 0. The van der Waals surface area contributed by atoms with Gasteiger partial charge in [0, 0.05) is 61.9 Å². The number of morpholine rings is 1. The fourth-order valence-electron chi connectivity index (χ4n) is 6.76. The Kier molecular flexibility index (Phi) is 6.75. The largest absolute Gasteiger partial charge is 0.447 e. The third-order valence-electron chi connectivity index (χ3n) is 8.93. The van der Waals surface area contributed by atoms with Gasteiger partial charge >= 0.3 is 6.01 Å². The number of piperazine rings is 1. The third-order valence-corrected chi connectivity index (χ3v) is 8.93. The molecule has 9 nitrogen and oxygen atoms in total. The molecule has 2 atom stereocenters. The highest BCUT2D eigenvalue weighted by Gasteiger charge is 2.39. The van der Waals surface area contributed by atoms with E-state index in [0.29, 0.717) is 57.6 Å². The molecule has 7 rings (SSSR count). The Labute approximate surface area is 239 Å². The minimum Gasteiger partial charge on any atom is -0.447 e. The maximum absolute atomic E-state index is 13.5. The van der Waals surface area contributed by atoms with Gasteiger partial charge in [0.25, 0.3) is 5.91 Å². The zero-order valence-electron chi connectivity index (χ0n) is 23.4. The van der Waals surface area contributed by atoms with Crippen LogP contribution in [0.1, 0.15) is 23.2 Å². The van der Waals surface area contributed by atoms with Crippen molar-refractivity contribution in [3.8, 4) is 6.01 Å². The summed E-state index contributed by atoms with van der Waals surface area (Å²) < 4.78 is 25.5. The number of hydrogen-bond donors (Lipinski definition) is 0. The van der Waals surface area contributed by atoms with Gasteiger partial charge in [-0.05, 0) is 36.8 Å². The van der Waals surface area contributed by atoms with E-state index in [2.05, 4.69) is 64.6 Å². The lowest BCUT2D eigenvalue weighted by atomic mass is 9.99. The lowest BCUT2D eigenvalue weighted by molar-refractivity contribution is -0.128. The first-order valence-corrected chi connectivity index (χ1v) is 14.4. The van der Waals surface area contributed by atoms with Crippen molar-refractivity contribution in [2.75, 3.05) is 62.4 Å². The zero-order chi connectivity index (χ0) is 28.1. The van der Waals surface area contributed by atoms with Gasteiger partial charge in [-0.2, -0.15) is 9.97 Å². The van der Waals surface area contributed by atoms with Gasteiger partial charge in [-0.25, -0.2) is 4.39 Å². The molecule has 0 spiro atoms. The molecule has 4 aliphatic rings. The fourth-order valence-corrected chi connectivity index (χ4v) is 6.76. The molecule has 214 valence electrons. The number of nitrogens with zero attached hydrogens (tertiary/aromatic N) is 6. The van der Waals surface area contributed by atoms with Crippen LogP contribution in [0, 0.1) is 6.92 Å². The molecule has 0 N–H and O–H groups in total. The smallest absolute Gasteiger partial charge is 0.320 e. The molecule has 0 saturated carbocycles. The molecule has 2 aromatic carbocycles. The highest BCUT2D eigenvalue weighted by Crippen LogP contribution is 2.36. The van der Waals surface area contributed by atoms with E-state index in [9.17, 15) is 9.18 Å². The number of anilines is 2. The quantitative estimate of drug-likeness (QED) is 0.426. The van der Waals surface area contributed by atoms with Crippen LogP contribution in [0.3, 0.4) is 0 Å². The minimum absolute atomic E-state index is 0.292. The van der Waals surface area contributed by atoms with Crippen LogP contribution in [0.4, 0.5) is 15.9 Å². The molecule has 0 radical (unpaired) electrons. The highest BCUT2D eigenvalue weighted by molar-refractivity contribution is 5.97. The number of amides is 1. The second-order valence-electron chi connectivity index (χ2n) is 11.5. The molecule has 0 aliphatic carbocycles. The average Bonchev–Trinajstić information content (AvgIpc) is 3.63. The van der Waals surface area contributed by atoms with E-state index in [1.54, 1.807) is 0 Å². The van der Waals surface area contributed by atoms with Crippen LogP contribution in [0.15, 0.2) is 48.8 Å². The van der Waals surface area contributed by atoms with E-state index < -0.39 is 11.7 Å². The maximum Gasteiger partial charge on any atom is 0.320 e. The Hall–Kier alpha value is -3.76. The lowest BCUT2D eigenvalue weighted by Crippen LogP contribution is -2.49. The van der Waals surface area contributed by atoms with E-state index in [1.165, 1.54) is 26.9 Å². The molecular weight excluding hydrogens is 523 g/mol. The summed E-state index contributed by atoms with van der Waals surface area (Å²) in [6.45, 7) is 10.8. The number of carbonyl (C=O) groups is 1. The predicted octanol–water partition coefficient (Wildman–Crippen LogP) is 3.44. The summed E-state index contributed by atoms with van der Waals surface area (Å²) in [6.07, 6.45) is 2.13. The first-order valence-electron chi connectivity index (χ1n) is 14.4. The first-order chi connectivity index (χ1) is 19.9. The normalized spacial score (nSPS) is 22.3. The average molecular weight is 559 g/mol. The minimum atomic E-state index is -0.918. The molecule has 3 fully saturated rings. The Morgan fingerprint density at radius 1 is 1.10 bits per heavy atom. The second kappa shape index (κ2) is 10.6. The molecule has 3 aromatic rings. The SMILES string of the molecule is C=C(F)C(=O)N1CCN(c2nc(OCN3C[C@@H]4C[C@H]3CO4)nc3c2CCN(c2cccc4cccc(C)c24)C3)CC1. The number of benzene rings is 2. The highest BCUT2D eigenvalue weighted by atomic mass is 19.1. The molecule has 5 heterocycles. The monoisotopic (exact) mass is 558 g/mol. The number of fused-ring (bicyclic) bond motifs is 4. The summed E-state index contributed by atoms with van der Waals surface area (Å²) in [4.78, 5) is 30.4. The molecule has 4 aliphatic heterocycles. The number of carbonyl (C=O) groups excluding carboxylic acids is 1. The van der Waals surface area contributed by atoms with Gasteiger partial charge in [0.15, 0.2) is 5.83 Å². The van der Waals surface area contributed by atoms with Crippen LogP contribution >= 0.6 is 0 Å². The van der Waals surface area contributed by atoms with Crippen molar-refractivity contribution in [2.45, 2.75) is 38.5 Å². The van der Waals surface area contributed by atoms with Crippen molar-refractivity contribution in [1.82, 2.24) is 19.8 Å². The van der Waals surface area contributed by atoms with E-state index in [4.69, 9.17) is 19.4 Å². The van der Waals surface area contributed by atoms with Crippen molar-refractivity contribution < 1.29 is 18.7 Å². The Morgan fingerprint density at radius 3 is 2.63 bits per heavy atom. The zero-order valence-corrected chi connectivity index (χ0v) is 23.4. The number of ether oxygens (including phenoxy) is 2. The third kappa shape index (κ3) is 4.89. The summed E-state index contributed by atoms with van der Waals surface area (Å²) in [5, 5.41) is 2.50. The van der Waals surface area contributed by atoms with E-state index in [0.717, 1.165) is 49.6 Å². The van der Waals surface area contributed by atoms with Gasteiger partial charge in [0.2, 0.25) is 0 Å². The van der Waals surface area contributed by atoms with Crippen molar-refractivity contribution in [3.63, 3.8) is 0 Å². The van der Waals surface area contributed by atoms with Gasteiger partial charge in [-0.15, -0.1) is 0 Å². The first kappa shape index (κ1) is 26.2. The molecule has 2 bridgehead atoms. The number of aromatic nitrogens is 2. The lowest BCUT2D eigenvalue weighted by Gasteiger charge is -2.38. The van der Waals surface area contributed by atoms with Crippen LogP contribution < -0.4 is 14.5 Å². The molecule has 41 heavy (non-hydrogen) atoms. The molecule has 1 amide bonds. The topological polar surface area (TPSA) is 74.3 Å². The molecule has 0 unspecified atom stereocenters. The van der Waals surface area contributed by atoms with E-state index in [-0.39, 0.29) is 0 Å². The summed E-state index contributed by atoms with van der Waals surface area (Å²) in [6, 6.07) is 13.7. The van der Waals surface area contributed by atoms with Gasteiger partial charge in [0.05, 0.1) is 24.9 Å². The number of rotatable bonds is 6. The molecule has 1 aromatic heterocycles. The summed E-state index contributed by atoms with van der Waals surface area (Å²) in [5.41, 5.74) is 4.54. The molecular formula is C31H35FN6O3. The van der Waals surface area contributed by atoms with Crippen molar-refractivity contribution in [1.29, 1.82) is 0 Å². The standard InChI is InChI=1S/C31H35FN6O3/c1-20-5-3-6-22-7-4-8-27(28(20)22)37-10-9-25-26(17-37)33-31(41-19-38-16-24-15-23(38)18-40-24)34-29(25)35-11-13-36(14-12-35)30(39)21(2)32/h3-8,23-24H,2,9-19H2,1H3/t23-,24-/m0/s1. The van der Waals surface area contributed by atoms with Gasteiger partial charge in [0.1, 0.15) is 12.5 Å². The Balaban J connectivity index is 1.18. The van der Waals surface area contributed by atoms with Gasteiger partial charge < -0.3 is 24.2 Å². The number of likely N-dealkylation sites (tertiary alicyclic amines) is 1. The van der Waals surface area contributed by atoms with Crippen LogP contribution in [0.5, 0.6) is 6.01 Å². The van der Waals surface area contributed by atoms with Crippen molar-refractivity contribution >= 4 is 28.2 Å². The Morgan fingerprint density at radius 2 is 1.90 bits per heavy atom. The number of hydrogen-bond acceptors (Lipinski definition) is 8. The fraction of sp³-hybridized carbons (Fsp3) is 0.452. The maximum atomic E-state index is 13.5. The van der Waals surface area contributed by atoms with Gasteiger partial charge in [-0.3, -0.25) is 9.69 Å². The summed E-state index contributed by atoms with van der Waals surface area (Å²) >= 11 is 0. The number of halogens is 1. The predicted molar refractivity (Wildman–Crippen MR) is 155 cm³/mol. The van der Waals surface area contributed by atoms with Crippen LogP contribution in [0.2, 0.25) is 0 Å². The van der Waals surface area contributed by atoms with Crippen LogP contribution in [-0.2, 0) is 22.5 Å². The van der Waals surface area contributed by atoms with Crippen molar-refractivity contribution in [3.05, 3.63) is 65.6 Å². The second-order valence-corrected chi connectivity index (χ2v) is 11.5. The molecule has 10 heteroatoms. The van der Waals surface area contributed by atoms with Crippen molar-refractivity contribution in [2.24, 2.45) is 0 Å². The molecule has 3 saturated heterocycles. The Bertz CT molecular complexity index is 1500. The summed E-state index contributed by atoms with van der Waals surface area (Å²) in [5.74, 6) is -0.696. The number of aryl methyl sites for hydroxylation is 1. The van der Waals surface area contributed by atoms with Crippen LogP contribution in [0.25, 0.3) is 10.8 Å². The van der Waals surface area contributed by atoms with Gasteiger partial charge in [-0.1, -0.05) is 36.9 Å². The van der Waals surface area contributed by atoms with E-state index >= 15 is 0 Å². The van der Waals surface area contributed by atoms with E-state index in [1.807, 2.05) is 0 Å².